The maximum Gasteiger partial charge on any atom is 0.279 e. The van der Waals surface area contributed by atoms with E-state index in [1.54, 1.807) is 25.1 Å². The van der Waals surface area contributed by atoms with Gasteiger partial charge in [-0.25, -0.2) is 0 Å². The minimum absolute atomic E-state index is 0.309. The van der Waals surface area contributed by atoms with E-state index >= 15 is 0 Å². The van der Waals surface area contributed by atoms with Gasteiger partial charge in [0.25, 0.3) is 10.2 Å². The van der Waals surface area contributed by atoms with Crippen LogP contribution in [0.4, 0.5) is 5.69 Å². The number of hydrogen-bond acceptors (Lipinski definition) is 3. The van der Waals surface area contributed by atoms with E-state index in [-0.39, 0.29) is 6.04 Å². The Balaban J connectivity index is 2.85. The van der Waals surface area contributed by atoms with Gasteiger partial charge in [-0.2, -0.15) is 17.4 Å². The van der Waals surface area contributed by atoms with E-state index in [9.17, 15) is 8.42 Å². The van der Waals surface area contributed by atoms with Gasteiger partial charge >= 0.3 is 0 Å². The fourth-order valence-electron chi connectivity index (χ4n) is 1.23. The summed E-state index contributed by atoms with van der Waals surface area (Å²) in [6.45, 7) is 1.77. The SMILES string of the molecule is CC(NS(=O)(=O)N(C)C)c1cccc(N)c1. The lowest BCUT2D eigenvalue weighted by molar-refractivity contribution is 0.494. The highest BCUT2D eigenvalue weighted by atomic mass is 32.2. The zero-order chi connectivity index (χ0) is 12.3. The number of benzene rings is 1. The van der Waals surface area contributed by atoms with Crippen molar-refractivity contribution in [2.24, 2.45) is 0 Å². The molecular weight excluding hydrogens is 226 g/mol. The van der Waals surface area contributed by atoms with Crippen LogP contribution in [0.1, 0.15) is 18.5 Å². The monoisotopic (exact) mass is 243 g/mol. The highest BCUT2D eigenvalue weighted by Gasteiger charge is 2.17. The van der Waals surface area contributed by atoms with E-state index in [1.165, 1.54) is 14.1 Å². The maximum absolute atomic E-state index is 11.6. The molecule has 0 spiro atoms. The summed E-state index contributed by atoms with van der Waals surface area (Å²) in [5, 5.41) is 0. The topological polar surface area (TPSA) is 75.4 Å². The predicted molar refractivity (Wildman–Crippen MR) is 65.0 cm³/mol. The first-order valence-electron chi connectivity index (χ1n) is 4.88. The zero-order valence-corrected chi connectivity index (χ0v) is 10.5. The van der Waals surface area contributed by atoms with Gasteiger partial charge in [0.05, 0.1) is 0 Å². The summed E-state index contributed by atoms with van der Waals surface area (Å²) in [5.74, 6) is 0. The van der Waals surface area contributed by atoms with Crippen molar-refractivity contribution in [1.82, 2.24) is 9.03 Å². The van der Waals surface area contributed by atoms with E-state index in [0.717, 1.165) is 9.87 Å². The van der Waals surface area contributed by atoms with Gasteiger partial charge in [0, 0.05) is 25.8 Å². The smallest absolute Gasteiger partial charge is 0.279 e. The molecule has 90 valence electrons. The number of nitrogen functional groups attached to an aromatic ring is 1. The third-order valence-electron chi connectivity index (χ3n) is 2.22. The van der Waals surface area contributed by atoms with Crippen LogP contribution in [0.3, 0.4) is 0 Å². The van der Waals surface area contributed by atoms with Gasteiger partial charge in [-0.15, -0.1) is 0 Å². The van der Waals surface area contributed by atoms with Crippen molar-refractivity contribution in [3.8, 4) is 0 Å². The minimum atomic E-state index is -3.42. The van der Waals surface area contributed by atoms with Gasteiger partial charge in [0.2, 0.25) is 0 Å². The number of nitrogens with zero attached hydrogens (tertiary/aromatic N) is 1. The molecule has 0 heterocycles. The molecule has 1 aromatic rings. The molecule has 3 N–H and O–H groups in total. The Morgan fingerprint density at radius 2 is 2.00 bits per heavy atom. The van der Waals surface area contributed by atoms with Crippen molar-refractivity contribution >= 4 is 15.9 Å². The van der Waals surface area contributed by atoms with Crippen LogP contribution in [0.15, 0.2) is 24.3 Å². The van der Waals surface area contributed by atoms with Crippen LogP contribution >= 0.6 is 0 Å². The average Bonchev–Trinajstić information content (AvgIpc) is 2.16. The van der Waals surface area contributed by atoms with E-state index < -0.39 is 10.2 Å². The lowest BCUT2D eigenvalue weighted by Crippen LogP contribution is -2.37. The molecule has 0 fully saturated rings. The summed E-state index contributed by atoms with van der Waals surface area (Å²) in [4.78, 5) is 0. The normalized spacial score (nSPS) is 14.0. The van der Waals surface area contributed by atoms with E-state index in [1.807, 2.05) is 6.07 Å². The molecule has 1 unspecified atom stereocenters. The number of nitrogens with one attached hydrogen (secondary N) is 1. The van der Waals surface area contributed by atoms with Crippen LogP contribution in [-0.2, 0) is 10.2 Å². The first kappa shape index (κ1) is 13.0. The third kappa shape index (κ3) is 3.19. The molecule has 0 bridgehead atoms. The van der Waals surface area contributed by atoms with Crippen molar-refractivity contribution in [1.29, 1.82) is 0 Å². The maximum atomic E-state index is 11.6. The Labute approximate surface area is 96.4 Å². The van der Waals surface area contributed by atoms with Gasteiger partial charge in [0.15, 0.2) is 0 Å². The Morgan fingerprint density at radius 3 is 2.50 bits per heavy atom. The van der Waals surface area contributed by atoms with Crippen molar-refractivity contribution < 1.29 is 8.42 Å². The van der Waals surface area contributed by atoms with Crippen LogP contribution in [0.5, 0.6) is 0 Å². The fraction of sp³-hybridized carbons (Fsp3) is 0.400. The van der Waals surface area contributed by atoms with Crippen molar-refractivity contribution in [3.05, 3.63) is 29.8 Å². The van der Waals surface area contributed by atoms with Crippen molar-refractivity contribution in [2.75, 3.05) is 19.8 Å². The van der Waals surface area contributed by atoms with Gasteiger partial charge in [-0.05, 0) is 24.6 Å². The molecule has 5 nitrogen and oxygen atoms in total. The van der Waals surface area contributed by atoms with Crippen LogP contribution in [0.2, 0.25) is 0 Å². The first-order valence-corrected chi connectivity index (χ1v) is 6.32. The van der Waals surface area contributed by atoms with Gasteiger partial charge in [-0.1, -0.05) is 12.1 Å². The molecule has 0 aliphatic carbocycles. The molecular formula is C10H17N3O2S. The summed E-state index contributed by atoms with van der Waals surface area (Å²) in [5.41, 5.74) is 7.09. The molecule has 6 heteroatoms. The lowest BCUT2D eigenvalue weighted by Gasteiger charge is -2.18. The Bertz CT molecular complexity index is 457. The molecule has 1 atom stereocenters. The number of nitrogens with two attached hydrogens (primary N) is 1. The summed E-state index contributed by atoms with van der Waals surface area (Å²) in [6, 6.07) is 6.83. The standard InChI is InChI=1S/C10H17N3O2S/c1-8(12-16(14,15)13(2)3)9-5-4-6-10(11)7-9/h4-8,12H,11H2,1-3H3. The van der Waals surface area contributed by atoms with E-state index in [2.05, 4.69) is 4.72 Å². The number of rotatable bonds is 4. The molecule has 0 saturated carbocycles. The lowest BCUT2D eigenvalue weighted by atomic mass is 10.1. The van der Waals surface area contributed by atoms with Crippen LogP contribution < -0.4 is 10.5 Å². The van der Waals surface area contributed by atoms with Crippen LogP contribution in [0, 0.1) is 0 Å². The van der Waals surface area contributed by atoms with Crippen LogP contribution in [-0.4, -0.2) is 26.8 Å². The molecule has 0 aliphatic heterocycles. The quantitative estimate of drug-likeness (QED) is 0.765. The molecule has 16 heavy (non-hydrogen) atoms. The number of anilines is 1. The van der Waals surface area contributed by atoms with Gasteiger partial charge < -0.3 is 5.73 Å². The Morgan fingerprint density at radius 1 is 1.38 bits per heavy atom. The van der Waals surface area contributed by atoms with Crippen LogP contribution in [0.25, 0.3) is 0 Å². The van der Waals surface area contributed by atoms with Gasteiger partial charge in [0.1, 0.15) is 0 Å². The average molecular weight is 243 g/mol. The van der Waals surface area contributed by atoms with Crippen molar-refractivity contribution in [3.63, 3.8) is 0 Å². The second-order valence-electron chi connectivity index (χ2n) is 3.80. The number of hydrogen-bond donors (Lipinski definition) is 2. The highest BCUT2D eigenvalue weighted by molar-refractivity contribution is 7.87. The fourth-order valence-corrected chi connectivity index (χ4v) is 2.02. The molecule has 0 amide bonds. The summed E-state index contributed by atoms with van der Waals surface area (Å²) >= 11 is 0. The van der Waals surface area contributed by atoms with Gasteiger partial charge in [-0.3, -0.25) is 0 Å². The zero-order valence-electron chi connectivity index (χ0n) is 9.64. The summed E-state index contributed by atoms with van der Waals surface area (Å²) in [7, 11) is -0.455. The van der Waals surface area contributed by atoms with Crippen molar-refractivity contribution in [2.45, 2.75) is 13.0 Å². The predicted octanol–water partition coefficient (Wildman–Crippen LogP) is 0.726. The Hall–Kier alpha value is -1.11. The highest BCUT2D eigenvalue weighted by Crippen LogP contribution is 2.16. The second-order valence-corrected chi connectivity index (χ2v) is 5.71. The van der Waals surface area contributed by atoms with E-state index in [4.69, 9.17) is 5.73 Å². The second kappa shape index (κ2) is 4.82. The summed E-state index contributed by atoms with van der Waals surface area (Å²) in [6.07, 6.45) is 0. The minimum Gasteiger partial charge on any atom is -0.399 e. The molecule has 1 rings (SSSR count). The molecule has 0 saturated heterocycles. The molecule has 0 radical (unpaired) electrons. The van der Waals surface area contributed by atoms with E-state index in [0.29, 0.717) is 5.69 Å². The third-order valence-corrected chi connectivity index (χ3v) is 3.83. The first-order chi connectivity index (χ1) is 7.33. The Kier molecular flexibility index (Phi) is 3.90. The summed E-state index contributed by atoms with van der Waals surface area (Å²) < 4.78 is 26.8. The molecule has 0 aliphatic rings. The molecule has 1 aromatic carbocycles. The molecule has 0 aromatic heterocycles. The largest absolute Gasteiger partial charge is 0.399 e.